The maximum Gasteiger partial charge on any atom is 0.252 e. The van der Waals surface area contributed by atoms with E-state index >= 15 is 0 Å². The monoisotopic (exact) mass is 504 g/mol. The highest BCUT2D eigenvalue weighted by molar-refractivity contribution is 14.1. The fourth-order valence-corrected chi connectivity index (χ4v) is 3.85. The van der Waals surface area contributed by atoms with Crippen LogP contribution < -0.4 is 5.32 Å². The highest BCUT2D eigenvalue weighted by Crippen LogP contribution is 2.23. The van der Waals surface area contributed by atoms with Crippen LogP contribution in [-0.2, 0) is 6.42 Å². The summed E-state index contributed by atoms with van der Waals surface area (Å²) >= 11 is 7.99. The van der Waals surface area contributed by atoms with Crippen LogP contribution >= 0.6 is 34.2 Å². The zero-order chi connectivity index (χ0) is 19.6. The van der Waals surface area contributed by atoms with Crippen LogP contribution in [0.2, 0.25) is 5.15 Å². The number of hydrogen-bond acceptors (Lipinski definition) is 4. The lowest BCUT2D eigenvalue weighted by molar-refractivity contribution is -0.0278. The molecule has 0 radical (unpaired) electrons. The number of amides is 1. The first kappa shape index (κ1) is 20.4. The molecule has 1 amide bonds. The standard InChI is InChI=1S/C19H19ClFIN2O3/c20-17-8-13(19(27)24-15-2-1-3-16(25)18(15)26)11(9-23-17)6-10-4-5-12(22)7-14(10)21/h4-5,7-9,15-16,18,25-26H,1-3,6H2,(H,24,27)/t15-,16-,18+/m1/s1. The molecule has 1 aliphatic carbocycles. The lowest BCUT2D eigenvalue weighted by atomic mass is 9.89. The molecule has 0 spiro atoms. The third-order valence-corrected chi connectivity index (χ3v) is 5.61. The Morgan fingerprint density at radius 3 is 2.81 bits per heavy atom. The van der Waals surface area contributed by atoms with Gasteiger partial charge in [0.2, 0.25) is 0 Å². The molecule has 1 aliphatic rings. The van der Waals surface area contributed by atoms with Crippen LogP contribution in [0.25, 0.3) is 0 Å². The van der Waals surface area contributed by atoms with Crippen molar-refractivity contribution < 1.29 is 19.4 Å². The van der Waals surface area contributed by atoms with Gasteiger partial charge in [0.15, 0.2) is 0 Å². The number of aliphatic hydroxyl groups excluding tert-OH is 2. The summed E-state index contributed by atoms with van der Waals surface area (Å²) in [5.41, 5.74) is 1.25. The van der Waals surface area contributed by atoms with E-state index in [0.29, 0.717) is 30.4 Å². The largest absolute Gasteiger partial charge is 0.390 e. The van der Waals surface area contributed by atoms with E-state index < -0.39 is 24.2 Å². The van der Waals surface area contributed by atoms with Crippen LogP contribution in [0.15, 0.2) is 30.5 Å². The molecule has 1 saturated carbocycles. The Morgan fingerprint density at radius 2 is 2.07 bits per heavy atom. The van der Waals surface area contributed by atoms with E-state index in [1.165, 1.54) is 18.3 Å². The van der Waals surface area contributed by atoms with Crippen molar-refractivity contribution in [1.82, 2.24) is 10.3 Å². The molecule has 3 atom stereocenters. The first-order chi connectivity index (χ1) is 12.8. The van der Waals surface area contributed by atoms with Crippen LogP contribution in [0, 0.1) is 9.39 Å². The lowest BCUT2D eigenvalue weighted by Gasteiger charge is -2.32. The van der Waals surface area contributed by atoms with E-state index in [9.17, 15) is 19.4 Å². The molecule has 1 aromatic carbocycles. The summed E-state index contributed by atoms with van der Waals surface area (Å²) in [5, 5.41) is 22.8. The molecular weight excluding hydrogens is 486 g/mol. The molecule has 0 aliphatic heterocycles. The zero-order valence-corrected chi connectivity index (χ0v) is 17.2. The van der Waals surface area contributed by atoms with Gasteiger partial charge in [0.1, 0.15) is 11.0 Å². The summed E-state index contributed by atoms with van der Waals surface area (Å²) in [6.45, 7) is 0. The molecular formula is C19H19ClFIN2O3. The Kier molecular flexibility index (Phi) is 6.67. The van der Waals surface area contributed by atoms with Crippen molar-refractivity contribution in [2.75, 3.05) is 0 Å². The van der Waals surface area contributed by atoms with Gasteiger partial charge in [-0.1, -0.05) is 17.7 Å². The Labute approximate surface area is 175 Å². The van der Waals surface area contributed by atoms with Crippen molar-refractivity contribution in [2.45, 2.75) is 43.9 Å². The summed E-state index contributed by atoms with van der Waals surface area (Å²) in [6.07, 6.45) is 1.56. The SMILES string of the molecule is O=C(N[C@@H]1CCC[C@@H](O)[C@H]1O)c1cc(Cl)ncc1Cc1ccc(I)cc1F. The van der Waals surface area contributed by atoms with Gasteiger partial charge < -0.3 is 15.5 Å². The maximum atomic E-state index is 14.2. The van der Waals surface area contributed by atoms with Gasteiger partial charge in [-0.05, 0) is 71.2 Å². The zero-order valence-electron chi connectivity index (χ0n) is 14.3. The van der Waals surface area contributed by atoms with E-state index in [1.54, 1.807) is 12.1 Å². The molecule has 0 saturated heterocycles. The second kappa shape index (κ2) is 8.81. The molecule has 2 aromatic rings. The van der Waals surface area contributed by atoms with Gasteiger partial charge in [-0.15, -0.1) is 0 Å². The summed E-state index contributed by atoms with van der Waals surface area (Å²) in [7, 11) is 0. The van der Waals surface area contributed by atoms with Crippen molar-refractivity contribution in [2.24, 2.45) is 0 Å². The number of benzene rings is 1. The van der Waals surface area contributed by atoms with Gasteiger partial charge in [0, 0.05) is 21.8 Å². The second-order valence-electron chi connectivity index (χ2n) is 6.65. The Bertz CT molecular complexity index is 852. The van der Waals surface area contributed by atoms with Gasteiger partial charge in [-0.25, -0.2) is 9.37 Å². The minimum Gasteiger partial charge on any atom is -0.390 e. The van der Waals surface area contributed by atoms with Crippen LogP contribution in [0.5, 0.6) is 0 Å². The molecule has 0 bridgehead atoms. The normalized spacial score (nSPS) is 22.5. The number of pyridine rings is 1. The van der Waals surface area contributed by atoms with E-state index in [4.69, 9.17) is 11.6 Å². The van der Waals surface area contributed by atoms with E-state index in [2.05, 4.69) is 10.3 Å². The molecule has 3 N–H and O–H groups in total. The number of halogens is 3. The van der Waals surface area contributed by atoms with Crippen molar-refractivity contribution in [3.05, 3.63) is 61.7 Å². The fourth-order valence-electron chi connectivity index (χ4n) is 3.24. The third-order valence-electron chi connectivity index (χ3n) is 4.73. The van der Waals surface area contributed by atoms with Gasteiger partial charge >= 0.3 is 0 Å². The van der Waals surface area contributed by atoms with Crippen molar-refractivity contribution in [3.63, 3.8) is 0 Å². The Hall–Kier alpha value is -1.29. The highest BCUT2D eigenvalue weighted by Gasteiger charge is 2.32. The molecule has 27 heavy (non-hydrogen) atoms. The number of nitrogens with zero attached hydrogens (tertiary/aromatic N) is 1. The first-order valence-corrected chi connectivity index (χ1v) is 10.1. The number of carbonyl (C=O) groups excluding carboxylic acids is 1. The number of hydrogen-bond donors (Lipinski definition) is 3. The van der Waals surface area contributed by atoms with Gasteiger partial charge in [0.25, 0.3) is 5.91 Å². The summed E-state index contributed by atoms with van der Waals surface area (Å²) < 4.78 is 15.0. The van der Waals surface area contributed by atoms with Crippen molar-refractivity contribution in [3.8, 4) is 0 Å². The minimum atomic E-state index is -1.02. The fraction of sp³-hybridized carbons (Fsp3) is 0.368. The number of carbonyl (C=O) groups is 1. The quantitative estimate of drug-likeness (QED) is 0.442. The number of aliphatic hydroxyl groups is 2. The van der Waals surface area contributed by atoms with Gasteiger partial charge in [0.05, 0.1) is 18.2 Å². The van der Waals surface area contributed by atoms with Crippen LogP contribution in [0.3, 0.4) is 0 Å². The topological polar surface area (TPSA) is 82.5 Å². The molecule has 5 nitrogen and oxygen atoms in total. The molecule has 1 aromatic heterocycles. The predicted molar refractivity (Wildman–Crippen MR) is 108 cm³/mol. The molecule has 144 valence electrons. The van der Waals surface area contributed by atoms with Crippen molar-refractivity contribution in [1.29, 1.82) is 0 Å². The van der Waals surface area contributed by atoms with E-state index in [-0.39, 0.29) is 23.0 Å². The minimum absolute atomic E-state index is 0.149. The van der Waals surface area contributed by atoms with Crippen molar-refractivity contribution >= 4 is 40.1 Å². The summed E-state index contributed by atoms with van der Waals surface area (Å²) in [5.74, 6) is -0.785. The average molecular weight is 505 g/mol. The molecule has 3 rings (SSSR count). The number of aromatic nitrogens is 1. The maximum absolute atomic E-state index is 14.2. The smallest absolute Gasteiger partial charge is 0.252 e. The summed E-state index contributed by atoms with van der Waals surface area (Å²) in [4.78, 5) is 16.8. The number of nitrogens with one attached hydrogen (secondary N) is 1. The molecule has 8 heteroatoms. The average Bonchev–Trinajstić information content (AvgIpc) is 2.62. The van der Waals surface area contributed by atoms with Crippen LogP contribution in [-0.4, -0.2) is 39.4 Å². The first-order valence-electron chi connectivity index (χ1n) is 8.60. The van der Waals surface area contributed by atoms with Gasteiger partial charge in [-0.2, -0.15) is 0 Å². The second-order valence-corrected chi connectivity index (χ2v) is 8.28. The summed E-state index contributed by atoms with van der Waals surface area (Å²) in [6, 6.07) is 5.79. The van der Waals surface area contributed by atoms with Gasteiger partial charge in [-0.3, -0.25) is 4.79 Å². The van der Waals surface area contributed by atoms with E-state index in [0.717, 1.165) is 3.57 Å². The molecule has 1 heterocycles. The lowest BCUT2D eigenvalue weighted by Crippen LogP contribution is -2.51. The predicted octanol–water partition coefficient (Wildman–Crippen LogP) is 3.07. The Morgan fingerprint density at radius 1 is 1.30 bits per heavy atom. The van der Waals surface area contributed by atoms with E-state index in [1.807, 2.05) is 22.6 Å². The van der Waals surface area contributed by atoms with Crippen LogP contribution in [0.4, 0.5) is 4.39 Å². The molecule has 1 fully saturated rings. The number of rotatable bonds is 4. The third kappa shape index (κ3) is 4.96. The van der Waals surface area contributed by atoms with Crippen LogP contribution in [0.1, 0.15) is 40.7 Å². The molecule has 0 unspecified atom stereocenters. The highest BCUT2D eigenvalue weighted by atomic mass is 127. The Balaban J connectivity index is 1.84.